The molecule has 0 aromatic carbocycles. The number of carbonyl (C=O) groups is 2. The summed E-state index contributed by atoms with van der Waals surface area (Å²) >= 11 is 0. The van der Waals surface area contributed by atoms with Gasteiger partial charge in [-0.05, 0) is 25.7 Å². The van der Waals surface area contributed by atoms with Gasteiger partial charge in [0.15, 0.2) is 6.10 Å². The Kier molecular flexibility index (Phi) is 5.41. The molecule has 2 fully saturated rings. The number of aliphatic carboxylic acids is 1. The summed E-state index contributed by atoms with van der Waals surface area (Å²) in [7, 11) is 1.68. The van der Waals surface area contributed by atoms with Gasteiger partial charge < -0.3 is 25.2 Å². The molecule has 1 saturated carbocycles. The molecule has 1 aliphatic carbocycles. The third kappa shape index (κ3) is 4.07. The van der Waals surface area contributed by atoms with Crippen molar-refractivity contribution in [2.45, 2.75) is 62.9 Å². The molecular formula is C14H24N2O5. The molecule has 0 spiro atoms. The molecule has 0 radical (unpaired) electrons. The Balaban J connectivity index is 1.75. The van der Waals surface area contributed by atoms with Crippen LogP contribution in [0, 0.1) is 0 Å². The molecule has 1 saturated heterocycles. The maximum absolute atomic E-state index is 12.1. The van der Waals surface area contributed by atoms with Crippen molar-refractivity contribution in [2.75, 3.05) is 13.6 Å². The first-order chi connectivity index (χ1) is 9.99. The minimum atomic E-state index is -0.953. The summed E-state index contributed by atoms with van der Waals surface area (Å²) in [5, 5.41) is 21.6. The Morgan fingerprint density at radius 3 is 2.57 bits per heavy atom. The number of carboxylic acid groups (broad SMARTS) is 1. The molecule has 0 bridgehead atoms. The summed E-state index contributed by atoms with van der Waals surface area (Å²) in [6.45, 7) is 0.301. The van der Waals surface area contributed by atoms with Crippen LogP contribution in [0.5, 0.6) is 0 Å². The SMILES string of the molecule is CN(C(=O)NCC1CCC(C(=O)O)O1)C1CCCCC1O. The fourth-order valence-corrected chi connectivity index (χ4v) is 3.06. The molecule has 2 rings (SSSR count). The van der Waals surface area contributed by atoms with Crippen LogP contribution in [-0.2, 0) is 9.53 Å². The van der Waals surface area contributed by atoms with Crippen LogP contribution in [0.1, 0.15) is 38.5 Å². The molecule has 21 heavy (non-hydrogen) atoms. The highest BCUT2D eigenvalue weighted by Crippen LogP contribution is 2.23. The minimum absolute atomic E-state index is 0.144. The van der Waals surface area contributed by atoms with E-state index < -0.39 is 18.2 Å². The monoisotopic (exact) mass is 300 g/mol. The number of nitrogens with one attached hydrogen (secondary N) is 1. The quantitative estimate of drug-likeness (QED) is 0.704. The fraction of sp³-hybridized carbons (Fsp3) is 0.857. The Labute approximate surface area is 124 Å². The van der Waals surface area contributed by atoms with Crippen molar-refractivity contribution >= 4 is 12.0 Å². The number of aliphatic hydroxyl groups excluding tert-OH is 1. The van der Waals surface area contributed by atoms with Crippen molar-refractivity contribution in [1.29, 1.82) is 0 Å². The largest absolute Gasteiger partial charge is 0.479 e. The number of hydrogen-bond acceptors (Lipinski definition) is 4. The number of carbonyl (C=O) groups excluding carboxylic acids is 1. The van der Waals surface area contributed by atoms with E-state index in [1.54, 1.807) is 11.9 Å². The number of amides is 2. The van der Waals surface area contributed by atoms with Crippen LogP contribution >= 0.6 is 0 Å². The third-order valence-electron chi connectivity index (χ3n) is 4.38. The first-order valence-electron chi connectivity index (χ1n) is 7.56. The molecule has 4 atom stereocenters. The van der Waals surface area contributed by atoms with E-state index >= 15 is 0 Å². The predicted molar refractivity (Wildman–Crippen MR) is 75.0 cm³/mol. The molecule has 1 aliphatic heterocycles. The maximum Gasteiger partial charge on any atom is 0.332 e. The van der Waals surface area contributed by atoms with Gasteiger partial charge in [-0.15, -0.1) is 0 Å². The number of aliphatic hydroxyl groups is 1. The predicted octanol–water partition coefficient (Wildman–Crippen LogP) is 0.563. The number of rotatable bonds is 4. The van der Waals surface area contributed by atoms with E-state index in [-0.39, 0.29) is 18.2 Å². The van der Waals surface area contributed by atoms with Crippen LogP contribution in [0.25, 0.3) is 0 Å². The summed E-state index contributed by atoms with van der Waals surface area (Å²) < 4.78 is 5.34. The van der Waals surface area contributed by atoms with Gasteiger partial charge in [-0.3, -0.25) is 0 Å². The van der Waals surface area contributed by atoms with Gasteiger partial charge in [-0.2, -0.15) is 0 Å². The molecule has 4 unspecified atom stereocenters. The second-order valence-corrected chi connectivity index (χ2v) is 5.88. The number of carboxylic acids is 1. The van der Waals surface area contributed by atoms with Crippen molar-refractivity contribution in [3.8, 4) is 0 Å². The topological polar surface area (TPSA) is 99.1 Å². The maximum atomic E-state index is 12.1. The van der Waals surface area contributed by atoms with Crippen molar-refractivity contribution in [2.24, 2.45) is 0 Å². The lowest BCUT2D eigenvalue weighted by Gasteiger charge is -2.35. The Morgan fingerprint density at radius 2 is 1.95 bits per heavy atom. The molecule has 2 aliphatic rings. The lowest BCUT2D eigenvalue weighted by Crippen LogP contribution is -2.51. The molecule has 120 valence electrons. The average molecular weight is 300 g/mol. The number of nitrogens with zero attached hydrogens (tertiary/aromatic N) is 1. The van der Waals surface area contributed by atoms with Gasteiger partial charge >= 0.3 is 12.0 Å². The lowest BCUT2D eigenvalue weighted by atomic mass is 9.92. The second-order valence-electron chi connectivity index (χ2n) is 5.88. The summed E-state index contributed by atoms with van der Waals surface area (Å²) in [5.41, 5.74) is 0. The van der Waals surface area contributed by atoms with Crippen LogP contribution in [-0.4, -0.2) is 65.1 Å². The molecular weight excluding hydrogens is 276 g/mol. The van der Waals surface area contributed by atoms with Crippen LogP contribution < -0.4 is 5.32 Å². The highest BCUT2D eigenvalue weighted by atomic mass is 16.5. The van der Waals surface area contributed by atoms with E-state index in [4.69, 9.17) is 9.84 Å². The van der Waals surface area contributed by atoms with Crippen LogP contribution in [0.4, 0.5) is 4.79 Å². The smallest absolute Gasteiger partial charge is 0.332 e. The average Bonchev–Trinajstić information content (AvgIpc) is 2.93. The Morgan fingerprint density at radius 1 is 1.24 bits per heavy atom. The van der Waals surface area contributed by atoms with Crippen molar-refractivity contribution in [1.82, 2.24) is 10.2 Å². The van der Waals surface area contributed by atoms with Gasteiger partial charge in [0, 0.05) is 13.6 Å². The van der Waals surface area contributed by atoms with Gasteiger partial charge in [0.05, 0.1) is 18.2 Å². The van der Waals surface area contributed by atoms with E-state index in [2.05, 4.69) is 5.32 Å². The van der Waals surface area contributed by atoms with E-state index in [0.29, 0.717) is 19.4 Å². The highest BCUT2D eigenvalue weighted by Gasteiger charge is 2.32. The first kappa shape index (κ1) is 16.0. The summed E-state index contributed by atoms with van der Waals surface area (Å²) in [5.74, 6) is -0.953. The third-order valence-corrected chi connectivity index (χ3v) is 4.38. The zero-order valence-electron chi connectivity index (χ0n) is 12.3. The fourth-order valence-electron chi connectivity index (χ4n) is 3.06. The number of hydrogen-bond donors (Lipinski definition) is 3. The number of urea groups is 1. The van der Waals surface area contributed by atoms with Gasteiger partial charge in [0.25, 0.3) is 0 Å². The molecule has 7 nitrogen and oxygen atoms in total. The standard InChI is InChI=1S/C14H24N2O5/c1-16(10-4-2-3-5-11(10)17)14(20)15-8-9-6-7-12(21-9)13(18)19/h9-12,17H,2-8H2,1H3,(H,15,20)(H,18,19). The number of ether oxygens (including phenoxy) is 1. The van der Waals surface area contributed by atoms with Gasteiger partial charge in [0.1, 0.15) is 0 Å². The molecule has 1 heterocycles. The van der Waals surface area contributed by atoms with Crippen molar-refractivity contribution in [3.05, 3.63) is 0 Å². The Hall–Kier alpha value is -1.34. The lowest BCUT2D eigenvalue weighted by molar-refractivity contribution is -0.149. The summed E-state index contributed by atoms with van der Waals surface area (Å²) in [6.07, 6.45) is 3.20. The van der Waals surface area contributed by atoms with Crippen molar-refractivity contribution < 1.29 is 24.5 Å². The van der Waals surface area contributed by atoms with Gasteiger partial charge in [-0.25, -0.2) is 9.59 Å². The van der Waals surface area contributed by atoms with E-state index in [1.807, 2.05) is 0 Å². The zero-order chi connectivity index (χ0) is 15.4. The molecule has 0 aromatic heterocycles. The Bertz CT molecular complexity index is 390. The van der Waals surface area contributed by atoms with Gasteiger partial charge in [0.2, 0.25) is 0 Å². The molecule has 3 N–H and O–H groups in total. The minimum Gasteiger partial charge on any atom is -0.479 e. The molecule has 0 aromatic rings. The van der Waals surface area contributed by atoms with Gasteiger partial charge in [-0.1, -0.05) is 12.8 Å². The number of likely N-dealkylation sites (N-methyl/N-ethyl adjacent to an activating group) is 1. The normalized spacial score (nSPS) is 32.7. The molecule has 2 amide bonds. The van der Waals surface area contributed by atoms with E-state index in [1.165, 1.54) is 0 Å². The summed E-state index contributed by atoms with van der Waals surface area (Å²) in [4.78, 5) is 24.4. The van der Waals surface area contributed by atoms with Crippen LogP contribution in [0.15, 0.2) is 0 Å². The van der Waals surface area contributed by atoms with Crippen molar-refractivity contribution in [3.63, 3.8) is 0 Å². The van der Waals surface area contributed by atoms with E-state index in [0.717, 1.165) is 25.7 Å². The highest BCUT2D eigenvalue weighted by molar-refractivity contribution is 5.74. The summed E-state index contributed by atoms with van der Waals surface area (Å²) in [6, 6.07) is -0.390. The van der Waals surface area contributed by atoms with E-state index in [9.17, 15) is 14.7 Å². The van der Waals surface area contributed by atoms with Crippen LogP contribution in [0.3, 0.4) is 0 Å². The first-order valence-corrected chi connectivity index (χ1v) is 7.56. The van der Waals surface area contributed by atoms with Crippen LogP contribution in [0.2, 0.25) is 0 Å². The second kappa shape index (κ2) is 7.09. The zero-order valence-corrected chi connectivity index (χ0v) is 12.3. The molecule has 7 heteroatoms.